The second-order valence-corrected chi connectivity index (χ2v) is 21.8. The fraction of sp³-hybridized carbons (Fsp3) is 0.982. The van der Waals surface area contributed by atoms with Crippen LogP contribution in [0.4, 0.5) is 0 Å². The molecule has 0 saturated carbocycles. The van der Waals surface area contributed by atoms with Crippen LogP contribution in [-0.4, -0.2) is 163 Å². The number of amides is 1. The fourth-order valence-electron chi connectivity index (χ4n) is 10.3. The first kappa shape index (κ1) is 68.0. The second kappa shape index (κ2) is 43.8. The lowest BCUT2D eigenvalue weighted by molar-refractivity contribution is -0.368. The van der Waals surface area contributed by atoms with E-state index in [1.165, 1.54) is 161 Å². The molecule has 2 fully saturated rings. The van der Waals surface area contributed by atoms with Crippen LogP contribution in [-0.2, 0) is 23.7 Å². The molecule has 1 amide bonds. The third kappa shape index (κ3) is 29.5. The van der Waals surface area contributed by atoms with Crippen LogP contribution < -0.4 is 5.32 Å². The van der Waals surface area contributed by atoms with Gasteiger partial charge in [-0.2, -0.15) is 0 Å². The van der Waals surface area contributed by atoms with Crippen LogP contribution in [0.1, 0.15) is 251 Å². The van der Waals surface area contributed by atoms with Gasteiger partial charge in [0.25, 0.3) is 0 Å². The Morgan fingerprint density at radius 1 is 0.452 bits per heavy atom. The minimum atomic E-state index is -1.87. The lowest BCUT2D eigenvalue weighted by Crippen LogP contribution is -2.65. The Labute approximate surface area is 441 Å². The number of hydrogen-bond acceptors (Lipinski definition) is 15. The molecule has 16 nitrogen and oxygen atoms in total. The van der Waals surface area contributed by atoms with Crippen molar-refractivity contribution in [3.63, 3.8) is 0 Å². The Bertz CT molecular complexity index is 1270. The maximum Gasteiger partial charge on any atom is 0.249 e. The number of carbonyl (C=O) groups excluding carboxylic acids is 1. The summed E-state index contributed by atoms with van der Waals surface area (Å²) in [5.41, 5.74) is 0. The number of rotatable bonds is 48. The van der Waals surface area contributed by atoms with Gasteiger partial charge in [-0.1, -0.05) is 239 Å². The van der Waals surface area contributed by atoms with E-state index >= 15 is 0 Å². The van der Waals surface area contributed by atoms with Gasteiger partial charge in [0, 0.05) is 0 Å². The molecule has 0 bridgehead atoms. The lowest BCUT2D eigenvalue weighted by Gasteiger charge is -2.46. The van der Waals surface area contributed by atoms with E-state index in [9.17, 15) is 55.9 Å². The van der Waals surface area contributed by atoms with Crippen LogP contribution in [0.3, 0.4) is 0 Å². The van der Waals surface area contributed by atoms with Crippen LogP contribution in [0, 0.1) is 0 Å². The maximum atomic E-state index is 13.5. The minimum absolute atomic E-state index is 0.194. The van der Waals surface area contributed by atoms with E-state index in [0.29, 0.717) is 12.8 Å². The van der Waals surface area contributed by atoms with Gasteiger partial charge in [-0.15, -0.1) is 0 Å². The Kier molecular flexibility index (Phi) is 40.9. The van der Waals surface area contributed by atoms with Gasteiger partial charge in [0.05, 0.1) is 32.0 Å². The summed E-state index contributed by atoms with van der Waals surface area (Å²) in [5, 5.41) is 109. The number of nitrogens with one attached hydrogen (secondary N) is 1. The summed E-state index contributed by atoms with van der Waals surface area (Å²) >= 11 is 0. The first-order chi connectivity index (χ1) is 35.4. The van der Waals surface area contributed by atoms with Crippen LogP contribution in [0.15, 0.2) is 0 Å². The topological polar surface area (TPSA) is 268 Å². The van der Waals surface area contributed by atoms with E-state index in [4.69, 9.17) is 18.9 Å². The third-order valence-electron chi connectivity index (χ3n) is 15.3. The fourth-order valence-corrected chi connectivity index (χ4v) is 10.3. The lowest BCUT2D eigenvalue weighted by atomic mass is 9.97. The number of ether oxygens (including phenoxy) is 4. The molecule has 2 heterocycles. The van der Waals surface area contributed by atoms with Crippen molar-refractivity contribution in [1.82, 2.24) is 5.32 Å². The van der Waals surface area contributed by atoms with Crippen LogP contribution in [0.25, 0.3) is 0 Å². The zero-order valence-corrected chi connectivity index (χ0v) is 45.9. The first-order valence-corrected chi connectivity index (χ1v) is 30.0. The minimum Gasteiger partial charge on any atom is -0.394 e. The Morgan fingerprint density at radius 3 is 1.18 bits per heavy atom. The summed E-state index contributed by atoms with van der Waals surface area (Å²) < 4.78 is 23.0. The van der Waals surface area contributed by atoms with Crippen molar-refractivity contribution < 1.29 is 74.8 Å². The van der Waals surface area contributed by atoms with Crippen molar-refractivity contribution in [2.45, 2.75) is 337 Å². The quantitative estimate of drug-likeness (QED) is 0.0261. The number of unbranched alkanes of at least 4 members (excludes halogenated alkanes) is 33. The highest BCUT2D eigenvalue weighted by atomic mass is 16.8. The molecular formula is C57H111NO15. The van der Waals surface area contributed by atoms with E-state index in [0.717, 1.165) is 51.4 Å². The van der Waals surface area contributed by atoms with Gasteiger partial charge in [0.2, 0.25) is 5.91 Å². The maximum absolute atomic E-state index is 13.5. The molecule has 2 aliphatic heterocycles. The monoisotopic (exact) mass is 1050 g/mol. The molecule has 2 saturated heterocycles. The smallest absolute Gasteiger partial charge is 0.249 e. The Hall–Kier alpha value is -1.09. The van der Waals surface area contributed by atoms with Gasteiger partial charge in [-0.05, 0) is 12.8 Å². The summed E-state index contributed by atoms with van der Waals surface area (Å²) in [6.07, 6.45) is 22.0. The van der Waals surface area contributed by atoms with Crippen molar-refractivity contribution in [2.75, 3.05) is 19.8 Å². The van der Waals surface area contributed by atoms with E-state index in [2.05, 4.69) is 19.2 Å². The van der Waals surface area contributed by atoms with Crippen molar-refractivity contribution in [3.05, 3.63) is 0 Å². The second-order valence-electron chi connectivity index (χ2n) is 21.8. The van der Waals surface area contributed by atoms with Gasteiger partial charge in [-0.3, -0.25) is 4.79 Å². The standard InChI is InChI=1S/C57H111NO15/c1-3-5-7-9-11-13-15-17-19-20-21-22-23-24-25-27-29-31-33-35-37-39-45(62)55(69)58-43(48(63)44(61)38-36-34-32-30-28-26-18-16-14-12-10-8-6-4-2)42-70-57-54(52(67)50(65)47(41-60)72-57)73-56-53(68)51(66)49(64)46(40-59)71-56/h43-54,56-57,59-68H,3-42H2,1-2H3,(H,58,69). The molecule has 14 atom stereocenters. The molecule has 0 aromatic carbocycles. The summed E-state index contributed by atoms with van der Waals surface area (Å²) in [4.78, 5) is 13.5. The molecule has 2 aliphatic rings. The van der Waals surface area contributed by atoms with Crippen LogP contribution in [0.2, 0.25) is 0 Å². The van der Waals surface area contributed by atoms with Gasteiger partial charge in [0.1, 0.15) is 61.0 Å². The highest BCUT2D eigenvalue weighted by molar-refractivity contribution is 5.80. The Balaban J connectivity index is 1.86. The van der Waals surface area contributed by atoms with Crippen molar-refractivity contribution in [1.29, 1.82) is 0 Å². The molecule has 73 heavy (non-hydrogen) atoms. The van der Waals surface area contributed by atoms with E-state index < -0.39 is 111 Å². The molecule has 14 unspecified atom stereocenters. The zero-order valence-electron chi connectivity index (χ0n) is 45.9. The predicted octanol–water partition coefficient (Wildman–Crippen LogP) is 7.67. The summed E-state index contributed by atoms with van der Waals surface area (Å²) in [6, 6.07) is -1.31. The first-order valence-electron chi connectivity index (χ1n) is 30.0. The van der Waals surface area contributed by atoms with Crippen LogP contribution in [0.5, 0.6) is 0 Å². The molecule has 0 radical (unpaired) electrons. The number of hydrogen-bond donors (Lipinski definition) is 11. The molecule has 16 heteroatoms. The summed E-state index contributed by atoms with van der Waals surface area (Å²) in [7, 11) is 0. The Morgan fingerprint density at radius 2 is 0.795 bits per heavy atom. The zero-order chi connectivity index (χ0) is 53.5. The largest absolute Gasteiger partial charge is 0.394 e. The van der Waals surface area contributed by atoms with E-state index in [-0.39, 0.29) is 12.8 Å². The van der Waals surface area contributed by atoms with Gasteiger partial charge >= 0.3 is 0 Å². The SMILES string of the molecule is CCCCCCCCCCCCCCCCCCCCCCCC(O)C(=O)NC(COC1OC(CO)C(O)C(O)C1OC1OC(CO)C(O)C(O)C1O)C(O)C(O)CCCCCCCCCCCCCCCC. The van der Waals surface area contributed by atoms with E-state index in [1.54, 1.807) is 0 Å². The average molecular weight is 1050 g/mol. The van der Waals surface area contributed by atoms with Crippen molar-refractivity contribution in [3.8, 4) is 0 Å². The summed E-state index contributed by atoms with van der Waals surface area (Å²) in [5.74, 6) is -0.771. The molecule has 2 rings (SSSR count). The summed E-state index contributed by atoms with van der Waals surface area (Å²) in [6.45, 7) is 2.43. The number of carbonyl (C=O) groups is 1. The normalized spacial score (nSPS) is 26.2. The molecular weight excluding hydrogens is 939 g/mol. The van der Waals surface area contributed by atoms with Crippen molar-refractivity contribution >= 4 is 5.91 Å². The average Bonchev–Trinajstić information content (AvgIpc) is 3.39. The van der Waals surface area contributed by atoms with Crippen LogP contribution >= 0.6 is 0 Å². The number of aliphatic hydroxyl groups is 10. The molecule has 434 valence electrons. The highest BCUT2D eigenvalue weighted by Gasteiger charge is 2.51. The molecule has 0 aliphatic carbocycles. The highest BCUT2D eigenvalue weighted by Crippen LogP contribution is 2.30. The molecule has 11 N–H and O–H groups in total. The number of aliphatic hydroxyl groups excluding tert-OH is 10. The van der Waals surface area contributed by atoms with Gasteiger partial charge < -0.3 is 75.3 Å². The molecule has 0 spiro atoms. The van der Waals surface area contributed by atoms with E-state index in [1.807, 2.05) is 0 Å². The van der Waals surface area contributed by atoms with Crippen molar-refractivity contribution in [2.24, 2.45) is 0 Å². The molecule has 0 aromatic heterocycles. The molecule has 0 aromatic rings. The predicted molar refractivity (Wildman–Crippen MR) is 284 cm³/mol. The van der Waals surface area contributed by atoms with Gasteiger partial charge in [-0.25, -0.2) is 0 Å². The third-order valence-corrected chi connectivity index (χ3v) is 15.3. The van der Waals surface area contributed by atoms with Gasteiger partial charge in [0.15, 0.2) is 12.6 Å².